The van der Waals surface area contributed by atoms with Crippen molar-refractivity contribution in [1.29, 1.82) is 0 Å². The summed E-state index contributed by atoms with van der Waals surface area (Å²) in [5.74, 6) is -0.756. The maximum atomic E-state index is 13.1. The molecule has 0 aliphatic heterocycles. The molecule has 0 aromatic heterocycles. The molecule has 0 amide bonds. The van der Waals surface area contributed by atoms with Gasteiger partial charge in [0.15, 0.2) is 0 Å². The summed E-state index contributed by atoms with van der Waals surface area (Å²) in [7, 11) is 0. The van der Waals surface area contributed by atoms with Gasteiger partial charge in [-0.3, -0.25) is 4.79 Å². The molecule has 0 radical (unpaired) electrons. The third-order valence-electron chi connectivity index (χ3n) is 3.98. The van der Waals surface area contributed by atoms with E-state index in [2.05, 4.69) is 6.92 Å². The van der Waals surface area contributed by atoms with E-state index >= 15 is 0 Å². The Morgan fingerprint density at radius 3 is 2.56 bits per heavy atom. The summed E-state index contributed by atoms with van der Waals surface area (Å²) >= 11 is 6.03. The summed E-state index contributed by atoms with van der Waals surface area (Å²) < 4.78 is 13.1. The average molecular weight is 271 g/mol. The van der Waals surface area contributed by atoms with Crippen LogP contribution in [0.3, 0.4) is 0 Å². The molecule has 1 aromatic rings. The van der Waals surface area contributed by atoms with E-state index in [1.165, 1.54) is 18.2 Å². The SMILES string of the molecule is CC1CCC(C(=O)O)(c2ccc(F)cc2Cl)CC1. The highest BCUT2D eigenvalue weighted by Gasteiger charge is 2.43. The van der Waals surface area contributed by atoms with Crippen LogP contribution >= 0.6 is 11.6 Å². The van der Waals surface area contributed by atoms with Crippen LogP contribution in [0, 0.1) is 11.7 Å². The van der Waals surface area contributed by atoms with Crippen molar-refractivity contribution in [1.82, 2.24) is 0 Å². The molecule has 98 valence electrons. The Bertz CT molecular complexity index is 465. The van der Waals surface area contributed by atoms with E-state index in [-0.39, 0.29) is 5.02 Å². The molecule has 1 aromatic carbocycles. The fourth-order valence-corrected chi connectivity index (χ4v) is 3.08. The van der Waals surface area contributed by atoms with Crippen molar-refractivity contribution >= 4 is 17.6 Å². The Morgan fingerprint density at radius 1 is 1.44 bits per heavy atom. The van der Waals surface area contributed by atoms with Gasteiger partial charge in [-0.1, -0.05) is 24.6 Å². The number of hydrogen-bond acceptors (Lipinski definition) is 1. The van der Waals surface area contributed by atoms with Crippen molar-refractivity contribution in [2.75, 3.05) is 0 Å². The van der Waals surface area contributed by atoms with Gasteiger partial charge in [0.25, 0.3) is 0 Å². The van der Waals surface area contributed by atoms with Crippen LogP contribution in [0.4, 0.5) is 4.39 Å². The van der Waals surface area contributed by atoms with Gasteiger partial charge in [-0.05, 0) is 49.3 Å². The number of benzene rings is 1. The van der Waals surface area contributed by atoms with Crippen molar-refractivity contribution in [3.63, 3.8) is 0 Å². The predicted molar refractivity (Wildman–Crippen MR) is 68.4 cm³/mol. The van der Waals surface area contributed by atoms with E-state index in [1.54, 1.807) is 0 Å². The average Bonchev–Trinajstić information content (AvgIpc) is 2.30. The van der Waals surface area contributed by atoms with Gasteiger partial charge in [0, 0.05) is 5.02 Å². The Labute approximate surface area is 111 Å². The molecule has 1 saturated carbocycles. The fourth-order valence-electron chi connectivity index (χ4n) is 2.73. The van der Waals surface area contributed by atoms with Crippen LogP contribution in [0.5, 0.6) is 0 Å². The number of aliphatic carboxylic acids is 1. The minimum Gasteiger partial charge on any atom is -0.481 e. The van der Waals surface area contributed by atoms with Crippen LogP contribution in [0.15, 0.2) is 18.2 Å². The molecule has 2 rings (SSSR count). The van der Waals surface area contributed by atoms with Crippen LogP contribution in [0.25, 0.3) is 0 Å². The number of halogens is 2. The molecule has 18 heavy (non-hydrogen) atoms. The summed E-state index contributed by atoms with van der Waals surface area (Å²) in [4.78, 5) is 11.7. The number of rotatable bonds is 2. The Balaban J connectivity index is 2.44. The monoisotopic (exact) mass is 270 g/mol. The lowest BCUT2D eigenvalue weighted by Gasteiger charge is -2.36. The van der Waals surface area contributed by atoms with Crippen molar-refractivity contribution in [3.05, 3.63) is 34.6 Å². The van der Waals surface area contributed by atoms with Crippen LogP contribution < -0.4 is 0 Å². The predicted octanol–water partition coefficient (Wildman–Crippen LogP) is 4.01. The van der Waals surface area contributed by atoms with Gasteiger partial charge in [0.1, 0.15) is 5.82 Å². The van der Waals surface area contributed by atoms with Crippen LogP contribution in [-0.2, 0) is 10.2 Å². The van der Waals surface area contributed by atoms with Gasteiger partial charge in [0.2, 0.25) is 0 Å². The molecule has 1 aliphatic rings. The lowest BCUT2D eigenvalue weighted by atomic mass is 9.67. The van der Waals surface area contributed by atoms with Crippen molar-refractivity contribution in [2.45, 2.75) is 38.0 Å². The molecule has 1 aliphatic carbocycles. The zero-order valence-corrected chi connectivity index (χ0v) is 11.0. The summed E-state index contributed by atoms with van der Waals surface area (Å²) in [6.07, 6.45) is 2.85. The molecule has 1 N–H and O–H groups in total. The molecule has 0 atom stereocenters. The molecule has 1 fully saturated rings. The summed E-state index contributed by atoms with van der Waals surface area (Å²) in [5.41, 5.74) is -0.401. The van der Waals surface area contributed by atoms with E-state index in [0.29, 0.717) is 24.3 Å². The first-order valence-electron chi connectivity index (χ1n) is 6.14. The summed E-state index contributed by atoms with van der Waals surface area (Å²) in [5, 5.41) is 9.78. The zero-order valence-electron chi connectivity index (χ0n) is 10.2. The van der Waals surface area contributed by atoms with Gasteiger partial charge in [-0.25, -0.2) is 4.39 Å². The molecule has 0 bridgehead atoms. The molecule has 0 saturated heterocycles. The Kier molecular flexibility index (Phi) is 3.62. The number of carboxylic acid groups (broad SMARTS) is 1. The summed E-state index contributed by atoms with van der Waals surface area (Å²) in [6.45, 7) is 2.12. The smallest absolute Gasteiger partial charge is 0.314 e. The van der Waals surface area contributed by atoms with Crippen LogP contribution in [0.1, 0.15) is 38.2 Å². The standard InChI is InChI=1S/C14H16ClFO2/c1-9-4-6-14(7-5-9,13(17)18)11-3-2-10(16)8-12(11)15/h2-3,8-9H,4-7H2,1H3,(H,17,18). The molecule has 4 heteroatoms. The largest absolute Gasteiger partial charge is 0.481 e. The number of hydrogen-bond donors (Lipinski definition) is 1. The second-order valence-corrected chi connectivity index (χ2v) is 5.60. The number of carboxylic acids is 1. The highest BCUT2D eigenvalue weighted by Crippen LogP contribution is 2.44. The Morgan fingerprint density at radius 2 is 2.06 bits per heavy atom. The first kappa shape index (κ1) is 13.3. The second kappa shape index (κ2) is 4.88. The topological polar surface area (TPSA) is 37.3 Å². The van der Waals surface area contributed by atoms with Crippen molar-refractivity contribution < 1.29 is 14.3 Å². The van der Waals surface area contributed by atoms with Gasteiger partial charge in [0.05, 0.1) is 5.41 Å². The molecule has 2 nitrogen and oxygen atoms in total. The van der Waals surface area contributed by atoms with E-state index < -0.39 is 17.2 Å². The lowest BCUT2D eigenvalue weighted by Crippen LogP contribution is -2.39. The van der Waals surface area contributed by atoms with E-state index in [4.69, 9.17) is 11.6 Å². The maximum absolute atomic E-state index is 13.1. The minimum absolute atomic E-state index is 0.215. The third kappa shape index (κ3) is 2.24. The number of carbonyl (C=O) groups is 1. The van der Waals surface area contributed by atoms with Crippen LogP contribution in [0.2, 0.25) is 5.02 Å². The fraction of sp³-hybridized carbons (Fsp3) is 0.500. The maximum Gasteiger partial charge on any atom is 0.314 e. The van der Waals surface area contributed by atoms with Gasteiger partial charge in [-0.15, -0.1) is 0 Å². The highest BCUT2D eigenvalue weighted by molar-refractivity contribution is 6.31. The quantitative estimate of drug-likeness (QED) is 0.882. The van der Waals surface area contributed by atoms with Crippen molar-refractivity contribution in [3.8, 4) is 0 Å². The van der Waals surface area contributed by atoms with E-state index in [1.807, 2.05) is 0 Å². The van der Waals surface area contributed by atoms with Gasteiger partial charge in [-0.2, -0.15) is 0 Å². The molecular formula is C14H16ClFO2. The lowest BCUT2D eigenvalue weighted by molar-refractivity contribution is -0.145. The normalized spacial score (nSPS) is 28.1. The molecule has 0 heterocycles. The second-order valence-electron chi connectivity index (χ2n) is 5.19. The van der Waals surface area contributed by atoms with E-state index in [0.717, 1.165) is 12.8 Å². The van der Waals surface area contributed by atoms with Crippen molar-refractivity contribution in [2.24, 2.45) is 5.92 Å². The Hall–Kier alpha value is -1.09. The van der Waals surface area contributed by atoms with Gasteiger partial charge >= 0.3 is 5.97 Å². The molecule has 0 unspecified atom stereocenters. The molecule has 0 spiro atoms. The first-order valence-corrected chi connectivity index (χ1v) is 6.52. The first-order chi connectivity index (χ1) is 8.45. The third-order valence-corrected chi connectivity index (χ3v) is 4.30. The van der Waals surface area contributed by atoms with Crippen LogP contribution in [-0.4, -0.2) is 11.1 Å². The van der Waals surface area contributed by atoms with Gasteiger partial charge < -0.3 is 5.11 Å². The summed E-state index contributed by atoms with van der Waals surface area (Å²) in [6, 6.07) is 3.99. The highest BCUT2D eigenvalue weighted by atomic mass is 35.5. The minimum atomic E-state index is -0.947. The zero-order chi connectivity index (χ0) is 13.3. The van der Waals surface area contributed by atoms with E-state index in [9.17, 15) is 14.3 Å². The molecular weight excluding hydrogens is 255 g/mol.